The first-order valence-electron chi connectivity index (χ1n) is 7.04. The van der Waals surface area contributed by atoms with Crippen LogP contribution in [0.25, 0.3) is 0 Å². The summed E-state index contributed by atoms with van der Waals surface area (Å²) in [6, 6.07) is -0.246. The zero-order valence-corrected chi connectivity index (χ0v) is 12.5. The molecule has 0 rings (SSSR count). The van der Waals surface area contributed by atoms with E-state index in [1.54, 1.807) is 7.11 Å². The maximum atomic E-state index is 12.0. The summed E-state index contributed by atoms with van der Waals surface area (Å²) in [5.74, 6) is 0. The lowest BCUT2D eigenvalue weighted by Crippen LogP contribution is -2.45. The third-order valence-corrected chi connectivity index (χ3v) is 2.82. The number of ether oxygens (including phenoxy) is 2. The molecule has 0 saturated carbocycles. The summed E-state index contributed by atoms with van der Waals surface area (Å²) in [5.41, 5.74) is 0. The summed E-state index contributed by atoms with van der Waals surface area (Å²) >= 11 is 0. The third-order valence-electron chi connectivity index (χ3n) is 2.82. The Morgan fingerprint density at radius 1 is 1.25 bits per heavy atom. The fourth-order valence-corrected chi connectivity index (χ4v) is 1.72. The van der Waals surface area contributed by atoms with Gasteiger partial charge in [-0.25, -0.2) is 4.79 Å². The molecule has 0 aromatic carbocycles. The van der Waals surface area contributed by atoms with Gasteiger partial charge in [0.25, 0.3) is 0 Å². The lowest BCUT2D eigenvalue weighted by molar-refractivity contribution is 0.0725. The summed E-state index contributed by atoms with van der Waals surface area (Å²) in [6.07, 6.45) is 1.88. The fraction of sp³-hybridized carbons (Fsp3) is 0.923. The fourth-order valence-electron chi connectivity index (χ4n) is 1.72. The monoisotopic (exact) mass is 292 g/mol. The smallest absolute Gasteiger partial charge is 0.317 e. The molecule has 0 saturated heterocycles. The van der Waals surface area contributed by atoms with Crippen molar-refractivity contribution in [1.29, 1.82) is 0 Å². The molecule has 0 aromatic rings. The van der Waals surface area contributed by atoms with Gasteiger partial charge in [-0.1, -0.05) is 13.3 Å². The van der Waals surface area contributed by atoms with E-state index in [0.29, 0.717) is 19.7 Å². The first kappa shape index (κ1) is 19.1. The summed E-state index contributed by atoms with van der Waals surface area (Å²) in [5, 5.41) is 20.4. The van der Waals surface area contributed by atoms with Crippen LogP contribution < -0.4 is 5.32 Å². The van der Waals surface area contributed by atoms with E-state index in [9.17, 15) is 4.79 Å². The van der Waals surface area contributed by atoms with Gasteiger partial charge < -0.3 is 29.9 Å². The van der Waals surface area contributed by atoms with Crippen LogP contribution in [0.15, 0.2) is 0 Å². The minimum Gasteiger partial charge on any atom is -0.395 e. The van der Waals surface area contributed by atoms with E-state index in [2.05, 4.69) is 12.2 Å². The molecule has 0 aromatic heterocycles. The van der Waals surface area contributed by atoms with Gasteiger partial charge in [0.1, 0.15) is 0 Å². The van der Waals surface area contributed by atoms with Gasteiger partial charge in [0.15, 0.2) is 0 Å². The number of nitrogens with zero attached hydrogens (tertiary/aromatic N) is 1. The molecule has 7 nitrogen and oxygen atoms in total. The first-order chi connectivity index (χ1) is 9.69. The Morgan fingerprint density at radius 3 is 2.55 bits per heavy atom. The van der Waals surface area contributed by atoms with Crippen LogP contribution in [0.1, 0.15) is 19.8 Å². The van der Waals surface area contributed by atoms with Crippen molar-refractivity contribution in [3.63, 3.8) is 0 Å². The number of aliphatic hydroxyl groups excluding tert-OH is 2. The number of hydrogen-bond acceptors (Lipinski definition) is 5. The number of nitrogens with one attached hydrogen (secondary N) is 1. The Bertz CT molecular complexity index is 241. The highest BCUT2D eigenvalue weighted by atomic mass is 16.5. The SMILES string of the molecule is CCCC(CNC(=O)N(CCO)CCOCCO)OC. The molecular formula is C13H28N2O5. The molecule has 1 unspecified atom stereocenters. The molecule has 0 heterocycles. The molecule has 0 radical (unpaired) electrons. The second kappa shape index (κ2) is 13.1. The third kappa shape index (κ3) is 9.08. The Labute approximate surface area is 120 Å². The zero-order valence-electron chi connectivity index (χ0n) is 12.5. The summed E-state index contributed by atoms with van der Waals surface area (Å²) in [7, 11) is 1.63. The van der Waals surface area contributed by atoms with Crippen molar-refractivity contribution >= 4 is 6.03 Å². The Balaban J connectivity index is 4.06. The van der Waals surface area contributed by atoms with Crippen LogP contribution in [-0.2, 0) is 9.47 Å². The van der Waals surface area contributed by atoms with Gasteiger partial charge in [0, 0.05) is 26.7 Å². The molecule has 0 aliphatic rings. The maximum absolute atomic E-state index is 12.0. The van der Waals surface area contributed by atoms with Crippen molar-refractivity contribution in [3.8, 4) is 0 Å². The average Bonchev–Trinajstić information content (AvgIpc) is 2.46. The molecule has 0 fully saturated rings. The topological polar surface area (TPSA) is 91.3 Å². The van der Waals surface area contributed by atoms with E-state index in [4.69, 9.17) is 19.7 Å². The van der Waals surface area contributed by atoms with Gasteiger partial charge >= 0.3 is 6.03 Å². The Kier molecular flexibility index (Phi) is 12.5. The van der Waals surface area contributed by atoms with Crippen LogP contribution in [-0.4, -0.2) is 80.4 Å². The van der Waals surface area contributed by atoms with Crippen LogP contribution in [0.4, 0.5) is 4.79 Å². The van der Waals surface area contributed by atoms with E-state index in [-0.39, 0.29) is 38.5 Å². The maximum Gasteiger partial charge on any atom is 0.317 e. The number of methoxy groups -OCH3 is 1. The number of carbonyl (C=O) groups excluding carboxylic acids is 1. The number of urea groups is 1. The number of amides is 2. The molecule has 0 spiro atoms. The Hall–Kier alpha value is -0.890. The lowest BCUT2D eigenvalue weighted by Gasteiger charge is -2.23. The van der Waals surface area contributed by atoms with Crippen LogP contribution >= 0.6 is 0 Å². The van der Waals surface area contributed by atoms with Gasteiger partial charge in [0.2, 0.25) is 0 Å². The first-order valence-corrected chi connectivity index (χ1v) is 7.04. The summed E-state index contributed by atoms with van der Waals surface area (Å²) in [6.45, 7) is 3.56. The minimum atomic E-state index is -0.246. The van der Waals surface area contributed by atoms with E-state index >= 15 is 0 Å². The van der Waals surface area contributed by atoms with Crippen molar-refractivity contribution in [2.24, 2.45) is 0 Å². The predicted octanol–water partition coefficient (Wildman–Crippen LogP) is -0.186. The van der Waals surface area contributed by atoms with Gasteiger partial charge in [-0.3, -0.25) is 0 Å². The van der Waals surface area contributed by atoms with E-state index < -0.39 is 0 Å². The number of rotatable bonds is 12. The van der Waals surface area contributed by atoms with E-state index in [0.717, 1.165) is 12.8 Å². The predicted molar refractivity (Wildman–Crippen MR) is 75.7 cm³/mol. The highest BCUT2D eigenvalue weighted by Crippen LogP contribution is 2.00. The summed E-state index contributed by atoms with van der Waals surface area (Å²) in [4.78, 5) is 13.4. The molecule has 0 bridgehead atoms. The molecule has 7 heteroatoms. The minimum absolute atomic E-state index is 0.00515. The van der Waals surface area contributed by atoms with Crippen molar-refractivity contribution in [3.05, 3.63) is 0 Å². The lowest BCUT2D eigenvalue weighted by atomic mass is 10.2. The van der Waals surface area contributed by atoms with E-state index in [1.165, 1.54) is 4.90 Å². The molecule has 1 atom stereocenters. The largest absolute Gasteiger partial charge is 0.395 e. The van der Waals surface area contributed by atoms with Gasteiger partial charge in [0.05, 0.1) is 32.5 Å². The Morgan fingerprint density at radius 2 is 2.00 bits per heavy atom. The van der Waals surface area contributed by atoms with Gasteiger partial charge in [-0.2, -0.15) is 0 Å². The number of hydrogen-bond donors (Lipinski definition) is 3. The molecule has 0 aliphatic carbocycles. The van der Waals surface area contributed by atoms with Gasteiger partial charge in [-0.15, -0.1) is 0 Å². The van der Waals surface area contributed by atoms with Crippen LogP contribution in [0, 0.1) is 0 Å². The molecule has 3 N–H and O–H groups in total. The van der Waals surface area contributed by atoms with Crippen LogP contribution in [0.5, 0.6) is 0 Å². The molecule has 20 heavy (non-hydrogen) atoms. The average molecular weight is 292 g/mol. The van der Waals surface area contributed by atoms with Crippen molar-refractivity contribution < 1.29 is 24.5 Å². The standard InChI is InChI=1S/C13H28N2O5/c1-3-4-12(19-2)11-14-13(18)15(5-7-16)6-9-20-10-8-17/h12,16-17H,3-11H2,1-2H3,(H,14,18). The molecule has 120 valence electrons. The molecule has 0 aliphatic heterocycles. The van der Waals surface area contributed by atoms with Crippen LogP contribution in [0.2, 0.25) is 0 Å². The number of carbonyl (C=O) groups is 1. The molecule has 2 amide bonds. The van der Waals surface area contributed by atoms with Gasteiger partial charge in [-0.05, 0) is 6.42 Å². The van der Waals surface area contributed by atoms with Crippen LogP contribution in [0.3, 0.4) is 0 Å². The zero-order chi connectivity index (χ0) is 15.2. The second-order valence-electron chi connectivity index (χ2n) is 4.38. The highest BCUT2D eigenvalue weighted by Gasteiger charge is 2.14. The second-order valence-corrected chi connectivity index (χ2v) is 4.38. The number of aliphatic hydroxyl groups is 2. The quantitative estimate of drug-likeness (QED) is 0.434. The molecular weight excluding hydrogens is 264 g/mol. The summed E-state index contributed by atoms with van der Waals surface area (Å²) < 4.78 is 10.4. The van der Waals surface area contributed by atoms with E-state index in [1.807, 2.05) is 0 Å². The van der Waals surface area contributed by atoms with Crippen molar-refractivity contribution in [2.75, 3.05) is 53.2 Å². The van der Waals surface area contributed by atoms with Crippen molar-refractivity contribution in [1.82, 2.24) is 10.2 Å². The van der Waals surface area contributed by atoms with Crippen molar-refractivity contribution in [2.45, 2.75) is 25.9 Å². The highest BCUT2D eigenvalue weighted by molar-refractivity contribution is 5.74. The normalized spacial score (nSPS) is 12.2.